The molecule has 26 heavy (non-hydrogen) atoms. The highest BCUT2D eigenvalue weighted by atomic mass is 35.5. The average molecular weight is 380 g/mol. The van der Waals surface area contributed by atoms with E-state index in [0.29, 0.717) is 29.5 Å². The molecule has 6 heteroatoms. The number of nitrogens with zero attached hydrogens (tertiary/aromatic N) is 1. The summed E-state index contributed by atoms with van der Waals surface area (Å²) in [6.45, 7) is 5.86. The Bertz CT molecular complexity index is 611. The normalized spacial score (nSPS) is 21.0. The van der Waals surface area contributed by atoms with Crippen LogP contribution in [0.25, 0.3) is 0 Å². The number of anilines is 1. The Hall–Kier alpha value is -1.59. The molecule has 0 radical (unpaired) electrons. The lowest BCUT2D eigenvalue weighted by Gasteiger charge is -2.28. The minimum absolute atomic E-state index is 0. The average Bonchev–Trinajstić information content (AvgIpc) is 3.17. The first kappa shape index (κ1) is 20.7. The molecular formula is C20H30ClN3O2. The lowest BCUT2D eigenvalue weighted by Crippen LogP contribution is -2.34. The van der Waals surface area contributed by atoms with Gasteiger partial charge in [-0.15, -0.1) is 12.4 Å². The van der Waals surface area contributed by atoms with E-state index < -0.39 is 0 Å². The molecule has 0 saturated carbocycles. The highest BCUT2D eigenvalue weighted by molar-refractivity contribution is 6.03. The number of piperidine rings is 1. The third-order valence-corrected chi connectivity index (χ3v) is 5.47. The second-order valence-corrected chi connectivity index (χ2v) is 7.38. The fourth-order valence-electron chi connectivity index (χ4n) is 3.89. The van der Waals surface area contributed by atoms with Crippen LogP contribution in [0.3, 0.4) is 0 Å². The zero-order valence-electron chi connectivity index (χ0n) is 15.5. The molecule has 2 aliphatic rings. The Morgan fingerprint density at radius 2 is 1.96 bits per heavy atom. The van der Waals surface area contributed by atoms with Gasteiger partial charge in [0.05, 0.1) is 11.3 Å². The van der Waals surface area contributed by atoms with Crippen LogP contribution in [0, 0.1) is 11.8 Å². The summed E-state index contributed by atoms with van der Waals surface area (Å²) >= 11 is 0. The van der Waals surface area contributed by atoms with Gasteiger partial charge in [-0.1, -0.05) is 19.1 Å². The van der Waals surface area contributed by atoms with Crippen molar-refractivity contribution in [3.8, 4) is 0 Å². The molecule has 2 atom stereocenters. The number of likely N-dealkylation sites (tertiary alicyclic amines) is 1. The summed E-state index contributed by atoms with van der Waals surface area (Å²) < 4.78 is 0. The molecule has 0 spiro atoms. The first-order chi connectivity index (χ1) is 12.1. The Labute approximate surface area is 162 Å². The standard InChI is InChI=1S/C20H29N3O2.ClH/c1-15(16-7-6-10-21-14-16)13-19(24)22-18-9-3-2-8-17(18)20(25)23-11-4-5-12-23;/h2-3,8-9,15-16,21H,4-7,10-14H2,1H3,(H,22,24);1H. The van der Waals surface area contributed by atoms with Gasteiger partial charge >= 0.3 is 0 Å². The minimum atomic E-state index is -0.000236. The molecule has 2 N–H and O–H groups in total. The molecule has 5 nitrogen and oxygen atoms in total. The van der Waals surface area contributed by atoms with Crippen LogP contribution >= 0.6 is 12.4 Å². The minimum Gasteiger partial charge on any atom is -0.339 e. The van der Waals surface area contributed by atoms with Crippen LogP contribution in [0.4, 0.5) is 5.69 Å². The molecule has 0 aromatic heterocycles. The number of benzene rings is 1. The third-order valence-electron chi connectivity index (χ3n) is 5.47. The molecule has 0 bridgehead atoms. The smallest absolute Gasteiger partial charge is 0.255 e. The van der Waals surface area contributed by atoms with Crippen LogP contribution < -0.4 is 10.6 Å². The van der Waals surface area contributed by atoms with Crippen LogP contribution in [-0.2, 0) is 4.79 Å². The first-order valence-corrected chi connectivity index (χ1v) is 9.54. The van der Waals surface area contributed by atoms with Crippen LogP contribution in [0.5, 0.6) is 0 Å². The Morgan fingerprint density at radius 3 is 2.65 bits per heavy atom. The molecule has 1 aromatic rings. The molecule has 2 saturated heterocycles. The largest absolute Gasteiger partial charge is 0.339 e. The van der Waals surface area contributed by atoms with Crippen molar-refractivity contribution in [3.63, 3.8) is 0 Å². The monoisotopic (exact) mass is 379 g/mol. The van der Waals surface area contributed by atoms with Gasteiger partial charge in [-0.25, -0.2) is 0 Å². The molecule has 144 valence electrons. The van der Waals surface area contributed by atoms with Gasteiger partial charge in [-0.2, -0.15) is 0 Å². The number of para-hydroxylation sites is 1. The van der Waals surface area contributed by atoms with Crippen LogP contribution in [-0.4, -0.2) is 42.9 Å². The van der Waals surface area contributed by atoms with Crippen molar-refractivity contribution < 1.29 is 9.59 Å². The maximum absolute atomic E-state index is 12.7. The molecule has 2 amide bonds. The maximum atomic E-state index is 12.7. The highest BCUT2D eigenvalue weighted by Gasteiger charge is 2.24. The molecule has 2 heterocycles. The fraction of sp³-hybridized carbons (Fsp3) is 0.600. The van der Waals surface area contributed by atoms with Crippen molar-refractivity contribution >= 4 is 29.9 Å². The van der Waals surface area contributed by atoms with Crippen LogP contribution in [0.2, 0.25) is 0 Å². The topological polar surface area (TPSA) is 61.4 Å². The molecule has 2 aliphatic heterocycles. The van der Waals surface area contributed by atoms with Gasteiger partial charge < -0.3 is 15.5 Å². The zero-order chi connectivity index (χ0) is 17.6. The van der Waals surface area contributed by atoms with E-state index in [0.717, 1.165) is 39.0 Å². The molecule has 1 aromatic carbocycles. The third kappa shape index (κ3) is 5.21. The second kappa shape index (κ2) is 9.93. The summed E-state index contributed by atoms with van der Waals surface area (Å²) in [5.74, 6) is 0.924. The molecule has 2 fully saturated rings. The van der Waals surface area contributed by atoms with Gasteiger partial charge in [0.1, 0.15) is 0 Å². The zero-order valence-corrected chi connectivity index (χ0v) is 16.3. The van der Waals surface area contributed by atoms with Crippen molar-refractivity contribution in [2.24, 2.45) is 11.8 Å². The number of carbonyl (C=O) groups is 2. The van der Waals surface area contributed by atoms with Gasteiger partial charge in [-0.3, -0.25) is 9.59 Å². The number of hydrogen-bond acceptors (Lipinski definition) is 3. The van der Waals surface area contributed by atoms with Gasteiger partial charge in [0.2, 0.25) is 5.91 Å². The van der Waals surface area contributed by atoms with Crippen molar-refractivity contribution in [1.82, 2.24) is 10.2 Å². The summed E-state index contributed by atoms with van der Waals surface area (Å²) in [5.41, 5.74) is 1.24. The highest BCUT2D eigenvalue weighted by Crippen LogP contribution is 2.24. The second-order valence-electron chi connectivity index (χ2n) is 7.38. The van der Waals surface area contributed by atoms with Gasteiger partial charge in [0.15, 0.2) is 0 Å². The van der Waals surface area contributed by atoms with Crippen molar-refractivity contribution in [2.75, 3.05) is 31.5 Å². The van der Waals surface area contributed by atoms with Crippen molar-refractivity contribution in [1.29, 1.82) is 0 Å². The number of carbonyl (C=O) groups excluding carboxylic acids is 2. The van der Waals surface area contributed by atoms with Gasteiger partial charge in [0, 0.05) is 19.5 Å². The summed E-state index contributed by atoms with van der Waals surface area (Å²) in [7, 11) is 0. The number of nitrogens with one attached hydrogen (secondary N) is 2. The lowest BCUT2D eigenvalue weighted by atomic mass is 9.85. The summed E-state index contributed by atoms with van der Waals surface area (Å²) in [6, 6.07) is 7.36. The number of amides is 2. The van der Waals surface area contributed by atoms with Crippen molar-refractivity contribution in [3.05, 3.63) is 29.8 Å². The predicted molar refractivity (Wildman–Crippen MR) is 107 cm³/mol. The quantitative estimate of drug-likeness (QED) is 0.825. The van der Waals surface area contributed by atoms with E-state index in [1.807, 2.05) is 29.2 Å². The van der Waals surface area contributed by atoms with E-state index >= 15 is 0 Å². The Balaban J connectivity index is 0.00000243. The Morgan fingerprint density at radius 1 is 1.23 bits per heavy atom. The van der Waals surface area contributed by atoms with E-state index in [1.54, 1.807) is 0 Å². The van der Waals surface area contributed by atoms with E-state index in [-0.39, 0.29) is 24.2 Å². The number of halogens is 1. The maximum Gasteiger partial charge on any atom is 0.255 e. The van der Waals surface area contributed by atoms with Crippen LogP contribution in [0.15, 0.2) is 24.3 Å². The fourth-order valence-corrected chi connectivity index (χ4v) is 3.89. The van der Waals surface area contributed by atoms with E-state index in [1.165, 1.54) is 12.8 Å². The first-order valence-electron chi connectivity index (χ1n) is 9.54. The van der Waals surface area contributed by atoms with E-state index in [4.69, 9.17) is 0 Å². The SMILES string of the molecule is CC(CC(=O)Nc1ccccc1C(=O)N1CCCC1)C1CCCNC1.Cl. The van der Waals surface area contributed by atoms with Crippen molar-refractivity contribution in [2.45, 2.75) is 39.0 Å². The van der Waals surface area contributed by atoms with Gasteiger partial charge in [0.25, 0.3) is 5.91 Å². The van der Waals surface area contributed by atoms with Gasteiger partial charge in [-0.05, 0) is 62.7 Å². The number of hydrogen-bond donors (Lipinski definition) is 2. The summed E-state index contributed by atoms with van der Waals surface area (Å²) in [4.78, 5) is 27.1. The number of rotatable bonds is 5. The Kier molecular flexibility index (Phi) is 7.91. The summed E-state index contributed by atoms with van der Waals surface area (Å²) in [5, 5.41) is 6.39. The molecule has 2 unspecified atom stereocenters. The molecular weight excluding hydrogens is 350 g/mol. The summed E-state index contributed by atoms with van der Waals surface area (Å²) in [6.07, 6.45) is 4.99. The predicted octanol–water partition coefficient (Wildman–Crippen LogP) is 3.31. The van der Waals surface area contributed by atoms with E-state index in [9.17, 15) is 9.59 Å². The molecule has 3 rings (SSSR count). The lowest BCUT2D eigenvalue weighted by molar-refractivity contribution is -0.117. The van der Waals surface area contributed by atoms with Crippen LogP contribution in [0.1, 0.15) is 49.4 Å². The molecule has 0 aliphatic carbocycles. The van der Waals surface area contributed by atoms with E-state index in [2.05, 4.69) is 17.6 Å².